The molecule has 108 valence electrons. The van der Waals surface area contributed by atoms with Crippen LogP contribution >= 0.6 is 39.1 Å². The summed E-state index contributed by atoms with van der Waals surface area (Å²) in [5.74, 6) is 0. The Balaban J connectivity index is 2.33. The summed E-state index contributed by atoms with van der Waals surface area (Å²) in [5, 5.41) is 13.7. The van der Waals surface area contributed by atoms with Gasteiger partial charge in [-0.2, -0.15) is 5.26 Å². The Kier molecular flexibility index (Phi) is 5.52. The maximum Gasteiger partial charge on any atom is 0.101 e. The van der Waals surface area contributed by atoms with Crippen LogP contribution in [0.15, 0.2) is 40.9 Å². The average molecular weight is 384 g/mol. The van der Waals surface area contributed by atoms with Gasteiger partial charge in [-0.1, -0.05) is 52.1 Å². The van der Waals surface area contributed by atoms with Crippen molar-refractivity contribution in [1.29, 1.82) is 5.26 Å². The van der Waals surface area contributed by atoms with Gasteiger partial charge in [0, 0.05) is 4.47 Å². The van der Waals surface area contributed by atoms with Crippen LogP contribution in [0, 0.1) is 11.3 Å². The molecule has 0 saturated carbocycles. The van der Waals surface area contributed by atoms with Crippen LogP contribution in [-0.4, -0.2) is 0 Å². The Labute approximate surface area is 142 Å². The van der Waals surface area contributed by atoms with Gasteiger partial charge in [0.25, 0.3) is 0 Å². The molecule has 2 aromatic carbocycles. The minimum atomic E-state index is 0.0566. The minimum Gasteiger partial charge on any atom is -0.377 e. The zero-order valence-corrected chi connectivity index (χ0v) is 14.4. The van der Waals surface area contributed by atoms with Crippen LogP contribution in [0.2, 0.25) is 10.0 Å². The SMILES string of the molecule is CCC(Nc1cc(Br)ccc1C#N)c1ccc(Cl)c(Cl)c1. The molecule has 1 atom stereocenters. The molecule has 0 aliphatic rings. The number of hydrogen-bond acceptors (Lipinski definition) is 2. The summed E-state index contributed by atoms with van der Waals surface area (Å²) in [4.78, 5) is 0. The van der Waals surface area contributed by atoms with E-state index in [1.54, 1.807) is 12.1 Å². The molecule has 21 heavy (non-hydrogen) atoms. The van der Waals surface area contributed by atoms with Crippen molar-refractivity contribution in [2.45, 2.75) is 19.4 Å². The van der Waals surface area contributed by atoms with E-state index in [9.17, 15) is 5.26 Å². The molecule has 1 unspecified atom stereocenters. The summed E-state index contributed by atoms with van der Waals surface area (Å²) < 4.78 is 0.924. The molecule has 0 heterocycles. The lowest BCUT2D eigenvalue weighted by molar-refractivity contribution is 0.749. The second-order valence-corrected chi connectivity index (χ2v) is 6.31. The van der Waals surface area contributed by atoms with Gasteiger partial charge in [0.15, 0.2) is 0 Å². The van der Waals surface area contributed by atoms with E-state index in [1.807, 2.05) is 24.3 Å². The van der Waals surface area contributed by atoms with Gasteiger partial charge in [-0.3, -0.25) is 0 Å². The average Bonchev–Trinajstić information content (AvgIpc) is 2.48. The molecule has 0 amide bonds. The van der Waals surface area contributed by atoms with Crippen LogP contribution in [0.3, 0.4) is 0 Å². The van der Waals surface area contributed by atoms with Crippen LogP contribution in [0.4, 0.5) is 5.69 Å². The molecule has 0 spiro atoms. The predicted molar refractivity (Wildman–Crippen MR) is 92.0 cm³/mol. The second kappa shape index (κ2) is 7.17. The number of nitrogens with one attached hydrogen (secondary N) is 1. The third-order valence-electron chi connectivity index (χ3n) is 3.19. The Hall–Kier alpha value is -1.21. The lowest BCUT2D eigenvalue weighted by Crippen LogP contribution is -2.10. The standard InChI is InChI=1S/C16H13BrCl2N2/c1-2-15(10-4-6-13(18)14(19)7-10)21-16-8-12(17)5-3-11(16)9-20/h3-8,15,21H,2H2,1H3. The number of hydrogen-bond donors (Lipinski definition) is 1. The van der Waals surface area contributed by atoms with E-state index in [4.69, 9.17) is 23.2 Å². The van der Waals surface area contributed by atoms with Crippen LogP contribution in [0.25, 0.3) is 0 Å². The lowest BCUT2D eigenvalue weighted by Gasteiger charge is -2.20. The largest absolute Gasteiger partial charge is 0.377 e. The van der Waals surface area contributed by atoms with Crippen LogP contribution < -0.4 is 5.32 Å². The van der Waals surface area contributed by atoms with Crippen LogP contribution in [-0.2, 0) is 0 Å². The van der Waals surface area contributed by atoms with Crippen molar-refractivity contribution in [3.63, 3.8) is 0 Å². The summed E-state index contributed by atoms with van der Waals surface area (Å²) in [6.45, 7) is 2.07. The van der Waals surface area contributed by atoms with Gasteiger partial charge in [-0.05, 0) is 42.3 Å². The van der Waals surface area contributed by atoms with Gasteiger partial charge in [0.05, 0.1) is 27.3 Å². The minimum absolute atomic E-state index is 0.0566. The highest BCUT2D eigenvalue weighted by atomic mass is 79.9. The Morgan fingerprint density at radius 1 is 1.19 bits per heavy atom. The fourth-order valence-corrected chi connectivity index (χ4v) is 2.74. The molecule has 0 aromatic heterocycles. The fraction of sp³-hybridized carbons (Fsp3) is 0.188. The smallest absolute Gasteiger partial charge is 0.101 e. The van der Waals surface area contributed by atoms with Crippen LogP contribution in [0.1, 0.15) is 30.5 Å². The van der Waals surface area contributed by atoms with Crippen molar-refractivity contribution >= 4 is 44.8 Å². The quantitative estimate of drug-likeness (QED) is 0.682. The molecule has 2 rings (SSSR count). The molecule has 0 bridgehead atoms. The third kappa shape index (κ3) is 3.91. The molecule has 0 fully saturated rings. The highest BCUT2D eigenvalue weighted by molar-refractivity contribution is 9.10. The molecular formula is C16H13BrCl2N2. The predicted octanol–water partition coefficient (Wildman–Crippen LogP) is 6.19. The van der Waals surface area contributed by atoms with Crippen molar-refractivity contribution in [1.82, 2.24) is 0 Å². The summed E-state index contributed by atoms with van der Waals surface area (Å²) in [6.07, 6.45) is 0.856. The first-order valence-corrected chi connectivity index (χ1v) is 8.01. The van der Waals surface area contributed by atoms with E-state index in [-0.39, 0.29) is 6.04 Å². The number of benzene rings is 2. The molecule has 0 radical (unpaired) electrons. The maximum absolute atomic E-state index is 9.20. The van der Waals surface area contributed by atoms with Crippen molar-refractivity contribution in [2.24, 2.45) is 0 Å². The third-order valence-corrected chi connectivity index (χ3v) is 4.42. The summed E-state index contributed by atoms with van der Waals surface area (Å²) in [7, 11) is 0. The van der Waals surface area contributed by atoms with Gasteiger partial charge >= 0.3 is 0 Å². The first-order chi connectivity index (χ1) is 10.0. The van der Waals surface area contributed by atoms with Crippen molar-refractivity contribution in [3.8, 4) is 6.07 Å². The number of rotatable bonds is 4. The molecule has 5 heteroatoms. The zero-order valence-electron chi connectivity index (χ0n) is 11.3. The zero-order chi connectivity index (χ0) is 15.4. The van der Waals surface area contributed by atoms with Crippen molar-refractivity contribution in [3.05, 3.63) is 62.0 Å². The van der Waals surface area contributed by atoms with Gasteiger partial charge < -0.3 is 5.32 Å². The van der Waals surface area contributed by atoms with Gasteiger partial charge in [-0.15, -0.1) is 0 Å². The van der Waals surface area contributed by atoms with Gasteiger partial charge in [-0.25, -0.2) is 0 Å². The number of nitrogens with zero attached hydrogens (tertiary/aromatic N) is 1. The molecule has 0 saturated heterocycles. The molecule has 0 aliphatic heterocycles. The van der Waals surface area contributed by atoms with E-state index >= 15 is 0 Å². The highest BCUT2D eigenvalue weighted by Gasteiger charge is 2.13. The highest BCUT2D eigenvalue weighted by Crippen LogP contribution is 2.30. The first kappa shape index (κ1) is 16.2. The first-order valence-electron chi connectivity index (χ1n) is 6.46. The summed E-state index contributed by atoms with van der Waals surface area (Å²) in [5.41, 5.74) is 2.44. The van der Waals surface area contributed by atoms with E-state index in [0.29, 0.717) is 15.6 Å². The summed E-state index contributed by atoms with van der Waals surface area (Å²) >= 11 is 15.5. The molecule has 2 aromatic rings. The summed E-state index contributed by atoms with van der Waals surface area (Å²) in [6, 6.07) is 13.4. The van der Waals surface area contributed by atoms with Gasteiger partial charge in [0.1, 0.15) is 6.07 Å². The lowest BCUT2D eigenvalue weighted by atomic mass is 10.0. The molecule has 0 aliphatic carbocycles. The van der Waals surface area contributed by atoms with E-state index in [2.05, 4.69) is 34.2 Å². The Morgan fingerprint density at radius 2 is 1.95 bits per heavy atom. The number of nitriles is 1. The Morgan fingerprint density at radius 3 is 2.57 bits per heavy atom. The normalized spacial score (nSPS) is 11.8. The van der Waals surface area contributed by atoms with E-state index in [0.717, 1.165) is 22.1 Å². The van der Waals surface area contributed by atoms with E-state index < -0.39 is 0 Å². The fourth-order valence-electron chi connectivity index (χ4n) is 2.07. The van der Waals surface area contributed by atoms with E-state index in [1.165, 1.54) is 0 Å². The topological polar surface area (TPSA) is 35.8 Å². The maximum atomic E-state index is 9.20. The van der Waals surface area contributed by atoms with Crippen molar-refractivity contribution in [2.75, 3.05) is 5.32 Å². The monoisotopic (exact) mass is 382 g/mol. The number of halogens is 3. The molecule has 2 nitrogen and oxygen atoms in total. The second-order valence-electron chi connectivity index (χ2n) is 4.58. The Bertz CT molecular complexity index is 695. The molecular weight excluding hydrogens is 371 g/mol. The number of anilines is 1. The van der Waals surface area contributed by atoms with Crippen molar-refractivity contribution < 1.29 is 0 Å². The van der Waals surface area contributed by atoms with Gasteiger partial charge in [0.2, 0.25) is 0 Å². The molecule has 1 N–H and O–H groups in total. The van der Waals surface area contributed by atoms with Crippen LogP contribution in [0.5, 0.6) is 0 Å².